The van der Waals surface area contributed by atoms with E-state index in [4.69, 9.17) is 16.7 Å². The van der Waals surface area contributed by atoms with E-state index in [2.05, 4.69) is 19.9 Å². The number of nitrogens with one attached hydrogen (secondary N) is 2. The third-order valence-electron chi connectivity index (χ3n) is 3.02. The monoisotopic (exact) mass is 344 g/mol. The highest BCUT2D eigenvalue weighted by atomic mass is 35.5. The molecule has 22 heavy (non-hydrogen) atoms. The Kier molecular flexibility index (Phi) is 4.50. The van der Waals surface area contributed by atoms with Crippen LogP contribution in [0.5, 0.6) is 0 Å². The molecule has 0 aliphatic heterocycles. The third kappa shape index (κ3) is 3.26. The Hall–Kier alpha value is -1.97. The van der Waals surface area contributed by atoms with E-state index >= 15 is 0 Å². The fourth-order valence-electron chi connectivity index (χ4n) is 1.93. The first-order chi connectivity index (χ1) is 10.2. The number of benzene rings is 1. The van der Waals surface area contributed by atoms with Crippen molar-refractivity contribution in [3.8, 4) is 0 Å². The first kappa shape index (κ1) is 16.4. The number of H-pyrrole nitrogens is 1. The minimum Gasteiger partial charge on any atom is -0.478 e. The van der Waals surface area contributed by atoms with E-state index in [1.54, 1.807) is 6.92 Å². The Bertz CT molecular complexity index is 805. The highest BCUT2D eigenvalue weighted by Crippen LogP contribution is 2.25. The Morgan fingerprint density at radius 2 is 2.14 bits per heavy atom. The summed E-state index contributed by atoms with van der Waals surface area (Å²) in [6, 6.07) is 1.75. The number of hydrogen-bond donors (Lipinski definition) is 3. The van der Waals surface area contributed by atoms with Crippen molar-refractivity contribution >= 4 is 27.6 Å². The number of aromatic amines is 1. The van der Waals surface area contributed by atoms with Crippen LogP contribution in [-0.2, 0) is 10.0 Å². The number of carboxylic acids is 1. The van der Waals surface area contributed by atoms with Crippen LogP contribution >= 0.6 is 11.6 Å². The van der Waals surface area contributed by atoms with Crippen molar-refractivity contribution in [2.75, 3.05) is 0 Å². The molecule has 1 unspecified atom stereocenters. The van der Waals surface area contributed by atoms with Crippen molar-refractivity contribution in [2.45, 2.75) is 24.8 Å². The summed E-state index contributed by atoms with van der Waals surface area (Å²) in [7, 11) is -3.98. The zero-order valence-electron chi connectivity index (χ0n) is 11.7. The molecule has 1 aromatic carbocycles. The molecular formula is C12H13ClN4O4S. The molecule has 0 aliphatic carbocycles. The first-order valence-electron chi connectivity index (χ1n) is 6.13. The van der Waals surface area contributed by atoms with Crippen molar-refractivity contribution in [1.29, 1.82) is 0 Å². The van der Waals surface area contributed by atoms with Gasteiger partial charge in [0.25, 0.3) is 0 Å². The summed E-state index contributed by atoms with van der Waals surface area (Å²) in [4.78, 5) is 14.8. The van der Waals surface area contributed by atoms with Crippen LogP contribution in [0.25, 0.3) is 0 Å². The second-order valence-corrected chi connectivity index (χ2v) is 6.71. The maximum atomic E-state index is 12.5. The summed E-state index contributed by atoms with van der Waals surface area (Å²) in [5.41, 5.74) is -0.0608. The van der Waals surface area contributed by atoms with E-state index in [-0.39, 0.29) is 21.0 Å². The lowest BCUT2D eigenvalue weighted by atomic mass is 10.1. The summed E-state index contributed by atoms with van der Waals surface area (Å²) in [5, 5.41) is 15.3. The first-order valence-corrected chi connectivity index (χ1v) is 7.99. The number of rotatable bonds is 5. The number of aromatic carboxylic acids is 1. The minimum atomic E-state index is -3.98. The number of carboxylic acid groups (broad SMARTS) is 1. The van der Waals surface area contributed by atoms with Gasteiger partial charge in [-0.05, 0) is 31.5 Å². The molecule has 0 amide bonds. The van der Waals surface area contributed by atoms with Gasteiger partial charge in [-0.2, -0.15) is 5.10 Å². The zero-order chi connectivity index (χ0) is 16.5. The third-order valence-corrected chi connectivity index (χ3v) is 4.91. The van der Waals surface area contributed by atoms with Gasteiger partial charge in [0.15, 0.2) is 0 Å². The van der Waals surface area contributed by atoms with Crippen molar-refractivity contribution in [3.05, 3.63) is 40.4 Å². The van der Waals surface area contributed by atoms with E-state index in [0.29, 0.717) is 5.82 Å². The smallest absolute Gasteiger partial charge is 0.336 e. The second-order valence-electron chi connectivity index (χ2n) is 4.60. The number of sulfonamides is 1. The molecule has 2 aromatic rings. The van der Waals surface area contributed by atoms with Gasteiger partial charge in [-0.25, -0.2) is 22.9 Å². The minimum absolute atomic E-state index is 0.0238. The Morgan fingerprint density at radius 3 is 2.68 bits per heavy atom. The Balaban J connectivity index is 2.44. The summed E-state index contributed by atoms with van der Waals surface area (Å²) in [6.07, 6.45) is 1.26. The quantitative estimate of drug-likeness (QED) is 0.754. The average Bonchev–Trinajstić information content (AvgIpc) is 2.94. The molecule has 0 fully saturated rings. The van der Waals surface area contributed by atoms with Gasteiger partial charge in [0.1, 0.15) is 12.2 Å². The molecule has 3 N–H and O–H groups in total. The lowest BCUT2D eigenvalue weighted by Gasteiger charge is -2.15. The SMILES string of the molecule is Cc1c(C(=O)O)cc(Cl)cc1S(=O)(=O)NC(C)c1ncn[nH]1. The molecule has 0 spiro atoms. The molecule has 10 heteroatoms. The Morgan fingerprint density at radius 1 is 1.45 bits per heavy atom. The second kappa shape index (κ2) is 6.03. The van der Waals surface area contributed by atoms with Crippen LogP contribution in [0.1, 0.15) is 34.7 Å². The van der Waals surface area contributed by atoms with E-state index in [1.165, 1.54) is 25.4 Å². The fourth-order valence-corrected chi connectivity index (χ4v) is 3.71. The predicted molar refractivity (Wildman–Crippen MR) is 78.3 cm³/mol. The highest BCUT2D eigenvalue weighted by Gasteiger charge is 2.25. The number of halogens is 1. The van der Waals surface area contributed by atoms with Gasteiger partial charge in [-0.3, -0.25) is 5.10 Å². The number of nitrogens with zero attached hydrogens (tertiary/aromatic N) is 2. The molecule has 0 saturated carbocycles. The van der Waals surface area contributed by atoms with Crippen molar-refractivity contribution < 1.29 is 18.3 Å². The van der Waals surface area contributed by atoms with Crippen molar-refractivity contribution in [1.82, 2.24) is 19.9 Å². The molecular weight excluding hydrogens is 332 g/mol. The van der Waals surface area contributed by atoms with Gasteiger partial charge < -0.3 is 5.11 Å². The van der Waals surface area contributed by atoms with Crippen LogP contribution in [0.4, 0.5) is 0 Å². The predicted octanol–water partition coefficient (Wildman–Crippen LogP) is 1.50. The van der Waals surface area contributed by atoms with Crippen molar-refractivity contribution in [3.63, 3.8) is 0 Å². The van der Waals surface area contributed by atoms with Gasteiger partial charge in [-0.15, -0.1) is 0 Å². The van der Waals surface area contributed by atoms with Gasteiger partial charge in [0, 0.05) is 5.02 Å². The molecule has 118 valence electrons. The molecule has 8 nitrogen and oxygen atoms in total. The number of hydrogen-bond acceptors (Lipinski definition) is 5. The fraction of sp³-hybridized carbons (Fsp3) is 0.250. The summed E-state index contributed by atoms with van der Waals surface area (Å²) < 4.78 is 27.3. The maximum Gasteiger partial charge on any atom is 0.336 e. The van der Waals surface area contributed by atoms with E-state index in [9.17, 15) is 13.2 Å². The Labute approximate surface area is 131 Å². The van der Waals surface area contributed by atoms with Crippen LogP contribution in [0.15, 0.2) is 23.4 Å². The lowest BCUT2D eigenvalue weighted by molar-refractivity contribution is 0.0696. The highest BCUT2D eigenvalue weighted by molar-refractivity contribution is 7.89. The lowest BCUT2D eigenvalue weighted by Crippen LogP contribution is -2.28. The normalized spacial score (nSPS) is 13.0. The largest absolute Gasteiger partial charge is 0.478 e. The maximum absolute atomic E-state index is 12.5. The van der Waals surface area contributed by atoms with Crippen LogP contribution in [-0.4, -0.2) is 34.7 Å². The summed E-state index contributed by atoms with van der Waals surface area (Å²) >= 11 is 5.82. The van der Waals surface area contributed by atoms with E-state index < -0.39 is 22.0 Å². The van der Waals surface area contributed by atoms with Crippen molar-refractivity contribution in [2.24, 2.45) is 0 Å². The molecule has 0 saturated heterocycles. The molecule has 0 bridgehead atoms. The summed E-state index contributed by atoms with van der Waals surface area (Å²) in [5.74, 6) is -0.915. The average molecular weight is 345 g/mol. The molecule has 2 rings (SSSR count). The molecule has 1 aromatic heterocycles. The summed E-state index contributed by atoms with van der Waals surface area (Å²) in [6.45, 7) is 2.99. The van der Waals surface area contributed by atoms with Crippen LogP contribution in [0.3, 0.4) is 0 Å². The van der Waals surface area contributed by atoms with E-state index in [0.717, 1.165) is 0 Å². The number of carbonyl (C=O) groups is 1. The molecule has 0 aliphatic rings. The topological polar surface area (TPSA) is 125 Å². The van der Waals surface area contributed by atoms with Gasteiger partial charge in [-0.1, -0.05) is 11.6 Å². The molecule has 1 atom stereocenters. The van der Waals surface area contributed by atoms with E-state index in [1.807, 2.05) is 0 Å². The van der Waals surface area contributed by atoms with Crippen LogP contribution in [0, 0.1) is 6.92 Å². The standard InChI is InChI=1S/C12H13ClN4O4S/c1-6-9(12(18)19)3-8(13)4-10(6)22(20,21)17-7(2)11-14-5-15-16-11/h3-5,7,17H,1-2H3,(H,18,19)(H,14,15,16). The van der Waals surface area contributed by atoms with Gasteiger partial charge in [0.05, 0.1) is 16.5 Å². The number of aromatic nitrogens is 3. The zero-order valence-corrected chi connectivity index (χ0v) is 13.2. The molecule has 1 heterocycles. The van der Waals surface area contributed by atoms with Gasteiger partial charge in [0.2, 0.25) is 10.0 Å². The molecule has 0 radical (unpaired) electrons. The van der Waals surface area contributed by atoms with Gasteiger partial charge >= 0.3 is 5.97 Å². The van der Waals surface area contributed by atoms with Crippen LogP contribution < -0.4 is 4.72 Å². The van der Waals surface area contributed by atoms with Crippen LogP contribution in [0.2, 0.25) is 5.02 Å².